The van der Waals surface area contributed by atoms with Crippen LogP contribution in [0.1, 0.15) is 33.0 Å². The molecule has 116 valence electrons. The van der Waals surface area contributed by atoms with Gasteiger partial charge in [-0.3, -0.25) is 4.79 Å². The molecule has 24 heavy (non-hydrogen) atoms. The van der Waals surface area contributed by atoms with Gasteiger partial charge in [0.2, 0.25) is 0 Å². The summed E-state index contributed by atoms with van der Waals surface area (Å²) in [5.41, 5.74) is 2.69. The average molecular weight is 315 g/mol. The molecular formula is C21H14FNO. The van der Waals surface area contributed by atoms with Gasteiger partial charge in [0, 0.05) is 11.1 Å². The van der Waals surface area contributed by atoms with Crippen LogP contribution in [0, 0.1) is 17.1 Å². The van der Waals surface area contributed by atoms with Crippen LogP contribution in [-0.4, -0.2) is 5.78 Å². The van der Waals surface area contributed by atoms with Crippen LogP contribution >= 0.6 is 0 Å². The minimum absolute atomic E-state index is 0.0579. The number of carbonyl (C=O) groups is 1. The quantitative estimate of drug-likeness (QED) is 0.654. The second kappa shape index (κ2) is 6.89. The fourth-order valence-corrected chi connectivity index (χ4v) is 2.58. The zero-order valence-corrected chi connectivity index (χ0v) is 12.8. The molecule has 0 spiro atoms. The molecule has 0 amide bonds. The zero-order chi connectivity index (χ0) is 16.9. The smallest absolute Gasteiger partial charge is 0.193 e. The van der Waals surface area contributed by atoms with Crippen molar-refractivity contribution in [2.45, 2.75) is 5.92 Å². The monoisotopic (exact) mass is 315 g/mol. The van der Waals surface area contributed by atoms with Crippen molar-refractivity contribution in [2.24, 2.45) is 0 Å². The van der Waals surface area contributed by atoms with E-state index in [1.54, 1.807) is 48.5 Å². The summed E-state index contributed by atoms with van der Waals surface area (Å²) in [7, 11) is 0. The molecule has 3 rings (SSSR count). The van der Waals surface area contributed by atoms with Crippen LogP contribution in [0.15, 0.2) is 78.9 Å². The molecule has 0 bridgehead atoms. The summed E-state index contributed by atoms with van der Waals surface area (Å²) in [4.78, 5) is 12.4. The Hall–Kier alpha value is -3.25. The Labute approximate surface area is 139 Å². The zero-order valence-electron chi connectivity index (χ0n) is 12.8. The van der Waals surface area contributed by atoms with Gasteiger partial charge < -0.3 is 0 Å². The molecule has 0 saturated carbocycles. The van der Waals surface area contributed by atoms with Crippen molar-refractivity contribution < 1.29 is 9.18 Å². The molecule has 2 nitrogen and oxygen atoms in total. The van der Waals surface area contributed by atoms with Crippen molar-refractivity contribution in [3.8, 4) is 6.07 Å². The Morgan fingerprint density at radius 3 is 1.83 bits per heavy atom. The summed E-state index contributed by atoms with van der Waals surface area (Å²) in [6.07, 6.45) is 0. The van der Waals surface area contributed by atoms with Crippen LogP contribution in [0.4, 0.5) is 4.39 Å². The molecule has 0 aliphatic rings. The molecule has 0 aliphatic heterocycles. The van der Waals surface area contributed by atoms with E-state index in [2.05, 4.69) is 6.07 Å². The summed E-state index contributed by atoms with van der Waals surface area (Å²) < 4.78 is 13.0. The maximum Gasteiger partial charge on any atom is 0.193 e. The lowest BCUT2D eigenvalue weighted by molar-refractivity contribution is 0.103. The molecule has 3 heteroatoms. The van der Waals surface area contributed by atoms with Crippen molar-refractivity contribution in [2.75, 3.05) is 0 Å². The number of nitriles is 1. The van der Waals surface area contributed by atoms with Gasteiger partial charge in [0.1, 0.15) is 5.82 Å². The van der Waals surface area contributed by atoms with Gasteiger partial charge in [0.15, 0.2) is 5.78 Å². The van der Waals surface area contributed by atoms with Gasteiger partial charge in [-0.05, 0) is 23.3 Å². The molecule has 0 radical (unpaired) electrons. The number of hydrogen-bond acceptors (Lipinski definition) is 2. The standard InChI is InChI=1S/C21H14FNO/c22-19-12-10-16(11-13-19)20(14-23)15-6-8-18(9-7-15)21(24)17-4-2-1-3-5-17/h1-13,20H/t20-/m1/s1. The normalized spacial score (nSPS) is 11.5. The fourth-order valence-electron chi connectivity index (χ4n) is 2.58. The SMILES string of the molecule is N#C[C@@H](c1ccc(F)cc1)c1ccc(C(=O)c2ccccc2)cc1. The number of hydrogen-bond donors (Lipinski definition) is 0. The summed E-state index contributed by atoms with van der Waals surface area (Å²) in [6, 6.07) is 24.1. The largest absolute Gasteiger partial charge is 0.289 e. The third-order valence-corrected chi connectivity index (χ3v) is 3.87. The van der Waals surface area contributed by atoms with Crippen molar-refractivity contribution in [3.63, 3.8) is 0 Å². The molecule has 3 aromatic rings. The molecule has 0 N–H and O–H groups in total. The van der Waals surface area contributed by atoms with E-state index in [0.29, 0.717) is 11.1 Å². The highest BCUT2D eigenvalue weighted by atomic mass is 19.1. The topological polar surface area (TPSA) is 40.9 Å². The number of nitrogens with zero attached hydrogens (tertiary/aromatic N) is 1. The van der Waals surface area contributed by atoms with Crippen LogP contribution in [0.5, 0.6) is 0 Å². The van der Waals surface area contributed by atoms with Gasteiger partial charge in [0.05, 0.1) is 12.0 Å². The van der Waals surface area contributed by atoms with E-state index >= 15 is 0 Å². The van der Waals surface area contributed by atoms with Crippen LogP contribution in [0.25, 0.3) is 0 Å². The van der Waals surface area contributed by atoms with Crippen LogP contribution in [0.3, 0.4) is 0 Å². The van der Waals surface area contributed by atoms with Gasteiger partial charge >= 0.3 is 0 Å². The first-order valence-electron chi connectivity index (χ1n) is 7.54. The van der Waals surface area contributed by atoms with Crippen molar-refractivity contribution in [1.29, 1.82) is 5.26 Å². The summed E-state index contributed by atoms with van der Waals surface area (Å²) in [5.74, 6) is -0.886. The second-order valence-electron chi connectivity index (χ2n) is 5.43. The van der Waals surface area contributed by atoms with Crippen LogP contribution in [0.2, 0.25) is 0 Å². The predicted molar refractivity (Wildman–Crippen MR) is 90.2 cm³/mol. The first-order valence-corrected chi connectivity index (χ1v) is 7.54. The molecular weight excluding hydrogens is 301 g/mol. The van der Waals surface area contributed by atoms with E-state index < -0.39 is 5.92 Å². The van der Waals surface area contributed by atoms with Gasteiger partial charge in [-0.25, -0.2) is 4.39 Å². The van der Waals surface area contributed by atoms with Gasteiger partial charge in [-0.15, -0.1) is 0 Å². The van der Waals surface area contributed by atoms with Crippen molar-refractivity contribution in [1.82, 2.24) is 0 Å². The Kier molecular flexibility index (Phi) is 4.49. The second-order valence-corrected chi connectivity index (χ2v) is 5.43. The molecule has 0 fully saturated rings. The number of benzene rings is 3. The fraction of sp³-hybridized carbons (Fsp3) is 0.0476. The Bertz CT molecular complexity index is 878. The number of halogens is 1. The minimum atomic E-state index is -0.494. The lowest BCUT2D eigenvalue weighted by Crippen LogP contribution is -2.03. The first-order chi connectivity index (χ1) is 11.7. The molecule has 0 heterocycles. The number of rotatable bonds is 4. The van der Waals surface area contributed by atoms with E-state index in [-0.39, 0.29) is 11.6 Å². The first kappa shape index (κ1) is 15.6. The lowest BCUT2D eigenvalue weighted by atomic mass is 9.91. The van der Waals surface area contributed by atoms with Gasteiger partial charge in [-0.2, -0.15) is 5.26 Å². The number of ketones is 1. The van der Waals surface area contributed by atoms with E-state index in [9.17, 15) is 14.4 Å². The Morgan fingerprint density at radius 1 is 0.792 bits per heavy atom. The van der Waals surface area contributed by atoms with E-state index in [1.807, 2.05) is 18.2 Å². The molecule has 0 aliphatic carbocycles. The molecule has 1 atom stereocenters. The van der Waals surface area contributed by atoms with E-state index in [0.717, 1.165) is 11.1 Å². The summed E-state index contributed by atoms with van der Waals surface area (Å²) in [5, 5.41) is 9.45. The minimum Gasteiger partial charge on any atom is -0.289 e. The van der Waals surface area contributed by atoms with E-state index in [1.165, 1.54) is 12.1 Å². The van der Waals surface area contributed by atoms with Gasteiger partial charge in [-0.1, -0.05) is 66.7 Å². The highest BCUT2D eigenvalue weighted by molar-refractivity contribution is 6.08. The van der Waals surface area contributed by atoms with Gasteiger partial charge in [0.25, 0.3) is 0 Å². The maximum absolute atomic E-state index is 13.0. The summed E-state index contributed by atoms with van der Waals surface area (Å²) in [6.45, 7) is 0. The molecule has 0 saturated heterocycles. The maximum atomic E-state index is 13.0. The third kappa shape index (κ3) is 3.23. The van der Waals surface area contributed by atoms with Crippen LogP contribution < -0.4 is 0 Å². The summed E-state index contributed by atoms with van der Waals surface area (Å²) >= 11 is 0. The molecule has 3 aromatic carbocycles. The Morgan fingerprint density at radius 2 is 1.29 bits per heavy atom. The molecule has 0 unspecified atom stereocenters. The highest BCUT2D eigenvalue weighted by Gasteiger charge is 2.15. The highest BCUT2D eigenvalue weighted by Crippen LogP contribution is 2.25. The third-order valence-electron chi connectivity index (χ3n) is 3.87. The lowest BCUT2D eigenvalue weighted by Gasteiger charge is -2.10. The number of carbonyl (C=O) groups excluding carboxylic acids is 1. The predicted octanol–water partition coefficient (Wildman–Crippen LogP) is 4.71. The van der Waals surface area contributed by atoms with Crippen molar-refractivity contribution >= 4 is 5.78 Å². The Balaban J connectivity index is 1.87. The van der Waals surface area contributed by atoms with Crippen LogP contribution in [-0.2, 0) is 0 Å². The molecule has 0 aromatic heterocycles. The average Bonchev–Trinajstić information content (AvgIpc) is 2.64. The van der Waals surface area contributed by atoms with E-state index in [4.69, 9.17) is 0 Å². The van der Waals surface area contributed by atoms with Crippen molar-refractivity contribution in [3.05, 3.63) is 107 Å².